The molecule has 4 aliphatic carbocycles. The van der Waals surface area contributed by atoms with Gasteiger partial charge in [0.2, 0.25) is 0 Å². The van der Waals surface area contributed by atoms with Crippen LogP contribution in [0.15, 0.2) is 11.6 Å². The zero-order chi connectivity index (χ0) is 62.5. The highest BCUT2D eigenvalue weighted by molar-refractivity contribution is 5.84. The Labute approximate surface area is 501 Å². The number of allylic oxidation sites excluding steroid dienone is 2. The fourth-order valence-electron chi connectivity index (χ4n) is 17.5. The molecule has 26 heteroatoms. The van der Waals surface area contributed by atoms with Crippen LogP contribution < -0.4 is 0 Å². The van der Waals surface area contributed by atoms with E-state index in [4.69, 9.17) is 61.6 Å². The number of hydrogen-bond acceptors (Lipinski definition) is 26. The van der Waals surface area contributed by atoms with E-state index in [1.165, 1.54) is 26.5 Å². The first kappa shape index (κ1) is 66.7. The van der Waals surface area contributed by atoms with Crippen LogP contribution in [0, 0.1) is 45.3 Å². The summed E-state index contributed by atoms with van der Waals surface area (Å²) in [4.78, 5) is 27.6. The topological polar surface area (TPSA) is 377 Å². The zero-order valence-corrected chi connectivity index (χ0v) is 51.0. The average Bonchev–Trinajstić information content (AvgIpc) is 1.46. The lowest BCUT2D eigenvalue weighted by molar-refractivity contribution is -0.399. The van der Waals surface area contributed by atoms with Crippen LogP contribution in [0.1, 0.15) is 120 Å². The first-order valence-electron chi connectivity index (χ1n) is 31.0. The second-order valence-corrected chi connectivity index (χ2v) is 27.9. The number of rotatable bonds is 17. The van der Waals surface area contributed by atoms with Gasteiger partial charge in [-0.15, -0.1) is 0 Å². The zero-order valence-electron chi connectivity index (χ0n) is 51.0. The van der Waals surface area contributed by atoms with Crippen molar-refractivity contribution in [3.05, 3.63) is 11.6 Å². The Morgan fingerprint density at radius 2 is 1.28 bits per heavy atom. The largest absolute Gasteiger partial charge is 0.462 e. The van der Waals surface area contributed by atoms with Gasteiger partial charge in [-0.05, 0) is 93.8 Å². The van der Waals surface area contributed by atoms with Crippen LogP contribution in [0.4, 0.5) is 0 Å². The third-order valence-corrected chi connectivity index (χ3v) is 21.9. The maximum atomic E-state index is 14.7. The number of cyclic esters (lactones) is 1. The standard InChI is InChI=1S/C60H96O26/c1-25(2)12-11-17-59(9)49-33(79-27(4)62)20-58(8)29-13-14-35-56(5,6)36(16-18-57(35,7)28(29)15-19-60(49,58)55(73)86-59)81-53-47(38(67)31(64)23-77-53)85-54-48(84-50-40(69)37(66)30(63)22-75-50)41(70)44(26(3)78-54)82-51-42(71)45(32(65)24-76-51)83-52-43(72)46(74-10)39(68)34(21-61)80-52/h13,25-26,28,30-54,61,63-72H,11-12,14-24H2,1-10H3/t26-,28-,30-,31-,32-,33+,34-,35+,36+,37+,38+,39-,40-,41+,42-,43-,44-,45+,46+,47-,48-,49-,50+,51+,52+,53+,54+,57-,58+,59+,60-/m1/s1. The minimum absolute atomic E-state index is 0.0275. The van der Waals surface area contributed by atoms with Gasteiger partial charge in [0, 0.05) is 19.4 Å². The third-order valence-electron chi connectivity index (χ3n) is 21.9. The van der Waals surface area contributed by atoms with Gasteiger partial charge < -0.3 is 118 Å². The second kappa shape index (κ2) is 25.4. The number of esters is 2. The van der Waals surface area contributed by atoms with Crippen LogP contribution in [-0.4, -0.2) is 255 Å². The lowest BCUT2D eigenvalue weighted by atomic mass is 9.41. The van der Waals surface area contributed by atoms with Crippen molar-refractivity contribution in [2.45, 2.75) is 273 Å². The molecule has 6 heterocycles. The van der Waals surface area contributed by atoms with E-state index >= 15 is 0 Å². The molecule has 10 aliphatic rings. The van der Waals surface area contributed by atoms with E-state index in [2.05, 4.69) is 47.6 Å². The van der Waals surface area contributed by atoms with Crippen molar-refractivity contribution in [3.63, 3.8) is 0 Å². The summed E-state index contributed by atoms with van der Waals surface area (Å²) in [6, 6.07) is 0. The second-order valence-electron chi connectivity index (χ2n) is 27.9. The van der Waals surface area contributed by atoms with Gasteiger partial charge in [-0.2, -0.15) is 0 Å². The number of methoxy groups -OCH3 is 1. The molecule has 11 N–H and O–H groups in total. The predicted octanol–water partition coefficient (Wildman–Crippen LogP) is -0.664. The summed E-state index contributed by atoms with van der Waals surface area (Å²) >= 11 is 0. The molecule has 31 atom stereocenters. The van der Waals surface area contributed by atoms with E-state index in [0.29, 0.717) is 44.4 Å². The average molecular weight is 1230 g/mol. The van der Waals surface area contributed by atoms with Crippen molar-refractivity contribution in [2.75, 3.05) is 33.5 Å². The molecule has 0 aromatic heterocycles. The number of fused-ring (bicyclic) bond motifs is 4. The Morgan fingerprint density at radius 1 is 0.674 bits per heavy atom. The monoisotopic (exact) mass is 1230 g/mol. The van der Waals surface area contributed by atoms with E-state index in [9.17, 15) is 65.8 Å². The molecule has 0 amide bonds. The van der Waals surface area contributed by atoms with E-state index in [1.54, 1.807) is 0 Å². The summed E-state index contributed by atoms with van der Waals surface area (Å²) in [5.41, 5.74) is -1.95. The van der Waals surface area contributed by atoms with Crippen molar-refractivity contribution in [2.24, 2.45) is 45.3 Å². The molecule has 492 valence electrons. The summed E-state index contributed by atoms with van der Waals surface area (Å²) in [6.07, 6.45) is -27.6. The molecule has 86 heavy (non-hydrogen) atoms. The molecular weight excluding hydrogens is 1140 g/mol. The normalized spacial score (nSPS) is 51.9. The summed E-state index contributed by atoms with van der Waals surface area (Å²) in [5, 5.41) is 121. The highest BCUT2D eigenvalue weighted by Gasteiger charge is 2.79. The number of ether oxygens (including phenoxy) is 13. The van der Waals surface area contributed by atoms with Crippen LogP contribution >= 0.6 is 0 Å². The lowest BCUT2D eigenvalue weighted by Crippen LogP contribution is -2.67. The maximum Gasteiger partial charge on any atom is 0.314 e. The van der Waals surface area contributed by atoms with Crippen LogP contribution in [0.2, 0.25) is 0 Å². The molecule has 26 nitrogen and oxygen atoms in total. The first-order chi connectivity index (χ1) is 40.5. The Bertz CT molecular complexity index is 2400. The Hall–Kier alpha value is -2.20. The SMILES string of the molecule is CO[C@@H]1[C@@H](O)[C@H](O[C@@H]2[C@@H](O)[C@H](O[C@H]3[C@H](O)[C@@H](O[C@@H]4OC[C@@H](O)[C@H](O)[C@H]4O)[C@H](O[C@H]4[C@H](O[C@H]5CC[C@]6(C)[C@@H]7CC[C@]89C(=O)O[C@@](C)(CCCC(C)C)[C@H]8[C@@H](OC(C)=O)C[C@@]9(C)C7=CC[C@H]6C5(C)C)OC[C@@H](O)[C@@H]4O)O[C@@H]3C)OC[C@H]2O)O[C@H](CO)[C@H]1O. The third kappa shape index (κ3) is 11.5. The van der Waals surface area contributed by atoms with Crippen molar-refractivity contribution < 1.29 is 127 Å². The van der Waals surface area contributed by atoms with Gasteiger partial charge in [-0.25, -0.2) is 0 Å². The van der Waals surface area contributed by atoms with Crippen LogP contribution in [0.5, 0.6) is 0 Å². The van der Waals surface area contributed by atoms with Crippen molar-refractivity contribution in [3.8, 4) is 0 Å². The van der Waals surface area contributed by atoms with Crippen molar-refractivity contribution in [1.29, 1.82) is 0 Å². The molecule has 6 saturated heterocycles. The molecular formula is C60H96O26. The molecule has 9 fully saturated rings. The van der Waals surface area contributed by atoms with Gasteiger partial charge >= 0.3 is 11.9 Å². The Kier molecular flexibility index (Phi) is 19.7. The Balaban J connectivity index is 0.874. The number of aliphatic hydroxyl groups is 11. The van der Waals surface area contributed by atoms with Gasteiger partial charge in [0.15, 0.2) is 31.5 Å². The summed E-state index contributed by atoms with van der Waals surface area (Å²) in [7, 11) is 1.21. The van der Waals surface area contributed by atoms with E-state index < -0.39 is 189 Å². The van der Waals surface area contributed by atoms with Gasteiger partial charge in [0.1, 0.15) is 109 Å². The highest BCUT2D eigenvalue weighted by Crippen LogP contribution is 2.77. The number of carbonyl (C=O) groups excluding carboxylic acids is 2. The number of hydrogen-bond donors (Lipinski definition) is 11. The smallest absolute Gasteiger partial charge is 0.314 e. The molecule has 3 saturated carbocycles. The minimum Gasteiger partial charge on any atom is -0.462 e. The van der Waals surface area contributed by atoms with Gasteiger partial charge in [-0.1, -0.05) is 59.6 Å². The predicted molar refractivity (Wildman–Crippen MR) is 292 cm³/mol. The first-order valence-corrected chi connectivity index (χ1v) is 31.0. The molecule has 0 unspecified atom stereocenters. The molecule has 0 aromatic rings. The molecule has 0 bridgehead atoms. The molecule has 0 aromatic carbocycles. The Morgan fingerprint density at radius 3 is 1.94 bits per heavy atom. The molecule has 1 spiro atoms. The maximum absolute atomic E-state index is 14.7. The van der Waals surface area contributed by atoms with E-state index in [-0.39, 0.29) is 41.7 Å². The van der Waals surface area contributed by atoms with Crippen molar-refractivity contribution in [1.82, 2.24) is 0 Å². The molecule has 6 aliphatic heterocycles. The fourth-order valence-corrected chi connectivity index (χ4v) is 17.5. The summed E-state index contributed by atoms with van der Waals surface area (Å²) in [6.45, 7) is 16.0. The van der Waals surface area contributed by atoms with E-state index in [0.717, 1.165) is 19.3 Å². The highest BCUT2D eigenvalue weighted by atomic mass is 16.8. The number of aliphatic hydroxyl groups excluding tert-OH is 11. The fraction of sp³-hybridized carbons (Fsp3) is 0.933. The lowest BCUT2D eigenvalue weighted by Gasteiger charge is -2.64. The van der Waals surface area contributed by atoms with E-state index in [1.807, 2.05) is 6.92 Å². The van der Waals surface area contributed by atoms with Crippen LogP contribution in [0.25, 0.3) is 0 Å². The number of carbonyl (C=O) groups is 2. The minimum atomic E-state index is -1.88. The van der Waals surface area contributed by atoms with Gasteiger partial charge in [0.25, 0.3) is 0 Å². The molecule has 10 rings (SSSR count). The van der Waals surface area contributed by atoms with Crippen LogP contribution in [0.3, 0.4) is 0 Å². The molecule has 0 radical (unpaired) electrons. The quantitative estimate of drug-likeness (QED) is 0.0636. The van der Waals surface area contributed by atoms with Gasteiger partial charge in [-0.3, -0.25) is 9.59 Å². The van der Waals surface area contributed by atoms with Crippen molar-refractivity contribution >= 4 is 11.9 Å². The van der Waals surface area contributed by atoms with Gasteiger partial charge in [0.05, 0.1) is 50.0 Å². The van der Waals surface area contributed by atoms with Crippen LogP contribution in [-0.2, 0) is 71.2 Å². The summed E-state index contributed by atoms with van der Waals surface area (Å²) < 4.78 is 79.1. The summed E-state index contributed by atoms with van der Waals surface area (Å²) in [5.74, 6) is -0.314.